The molecule has 3 N–H and O–H groups in total. The number of nitrogens with zero attached hydrogens (tertiary/aromatic N) is 2. The molecule has 1 aromatic rings. The summed E-state index contributed by atoms with van der Waals surface area (Å²) >= 11 is 6.33. The van der Waals surface area contributed by atoms with Gasteiger partial charge in [-0.15, -0.1) is 0 Å². The molecule has 19 heavy (non-hydrogen) atoms. The van der Waals surface area contributed by atoms with Crippen LogP contribution in [0, 0.1) is 23.7 Å². The van der Waals surface area contributed by atoms with Gasteiger partial charge in [-0.1, -0.05) is 39.3 Å². The second kappa shape index (κ2) is 4.47. The van der Waals surface area contributed by atoms with Crippen molar-refractivity contribution in [2.45, 2.75) is 47.1 Å². The second-order valence-corrected chi connectivity index (χ2v) is 7.25. The molecule has 1 aliphatic rings. The van der Waals surface area contributed by atoms with E-state index in [-0.39, 0.29) is 6.04 Å². The summed E-state index contributed by atoms with van der Waals surface area (Å²) < 4.78 is 1.87. The summed E-state index contributed by atoms with van der Waals surface area (Å²) in [6.45, 7) is 11.1. The van der Waals surface area contributed by atoms with E-state index in [9.17, 15) is 0 Å². The van der Waals surface area contributed by atoms with Crippen molar-refractivity contribution >= 4 is 11.6 Å². The minimum Gasteiger partial charge on any atom is -0.271 e. The first-order chi connectivity index (χ1) is 8.64. The summed E-state index contributed by atoms with van der Waals surface area (Å²) in [5.41, 5.74) is 5.51. The summed E-state index contributed by atoms with van der Waals surface area (Å²) in [6.07, 6.45) is 0.810. The normalized spacial score (nSPS) is 22.5. The number of rotatable bonds is 4. The minimum absolute atomic E-state index is 0.220. The van der Waals surface area contributed by atoms with Crippen LogP contribution in [0.3, 0.4) is 0 Å². The lowest BCUT2D eigenvalue weighted by Crippen LogP contribution is -2.40. The topological polar surface area (TPSA) is 55.9 Å². The monoisotopic (exact) mass is 284 g/mol. The van der Waals surface area contributed by atoms with E-state index in [2.05, 4.69) is 38.2 Å². The smallest absolute Gasteiger partial charge is 0.0847 e. The van der Waals surface area contributed by atoms with E-state index in [1.807, 2.05) is 18.7 Å². The maximum Gasteiger partial charge on any atom is 0.0847 e. The van der Waals surface area contributed by atoms with E-state index < -0.39 is 0 Å². The van der Waals surface area contributed by atoms with Crippen molar-refractivity contribution < 1.29 is 0 Å². The average Bonchev–Trinajstić information content (AvgIpc) is 2.57. The molecule has 5 heteroatoms. The van der Waals surface area contributed by atoms with Crippen molar-refractivity contribution in [3.63, 3.8) is 0 Å². The molecule has 1 aliphatic carbocycles. The third-order valence-corrected chi connectivity index (χ3v) is 5.92. The molecular formula is C14H25ClN4. The van der Waals surface area contributed by atoms with E-state index in [0.717, 1.165) is 22.8 Å². The van der Waals surface area contributed by atoms with Crippen LogP contribution in [0.4, 0.5) is 0 Å². The number of hydrogen-bond donors (Lipinski definition) is 2. The van der Waals surface area contributed by atoms with Gasteiger partial charge in [0.2, 0.25) is 0 Å². The first kappa shape index (κ1) is 14.8. The number of hydrazine groups is 1. The largest absolute Gasteiger partial charge is 0.271 e. The van der Waals surface area contributed by atoms with Gasteiger partial charge >= 0.3 is 0 Å². The van der Waals surface area contributed by atoms with Crippen molar-refractivity contribution in [1.29, 1.82) is 0 Å². The fourth-order valence-electron chi connectivity index (χ4n) is 3.64. The lowest BCUT2D eigenvalue weighted by molar-refractivity contribution is 0.395. The molecule has 1 aromatic heterocycles. The molecule has 1 fully saturated rings. The van der Waals surface area contributed by atoms with E-state index in [1.165, 1.54) is 0 Å². The molecular weight excluding hydrogens is 260 g/mol. The predicted octanol–water partition coefficient (Wildman–Crippen LogP) is 2.44. The fraction of sp³-hybridized carbons (Fsp3) is 0.786. The molecule has 2 rings (SSSR count). The Kier molecular flexibility index (Phi) is 3.49. The molecule has 1 saturated carbocycles. The Morgan fingerprint density at radius 1 is 1.37 bits per heavy atom. The van der Waals surface area contributed by atoms with Crippen LogP contribution < -0.4 is 11.3 Å². The molecule has 1 heterocycles. The molecule has 1 unspecified atom stereocenters. The van der Waals surface area contributed by atoms with Gasteiger partial charge in [-0.3, -0.25) is 16.0 Å². The Balaban J connectivity index is 2.22. The SMILES string of the molecule is Cc1nn(C)c(CC(NN)C2C(C)(C)C2(C)C)c1Cl. The predicted molar refractivity (Wildman–Crippen MR) is 78.8 cm³/mol. The lowest BCUT2D eigenvalue weighted by atomic mass is 10.00. The Hall–Kier alpha value is -0.580. The fourth-order valence-corrected chi connectivity index (χ4v) is 3.87. The minimum atomic E-state index is 0.220. The molecule has 0 aromatic carbocycles. The highest BCUT2D eigenvalue weighted by atomic mass is 35.5. The lowest BCUT2D eigenvalue weighted by Gasteiger charge is -2.18. The van der Waals surface area contributed by atoms with Gasteiger partial charge in [-0.25, -0.2) is 0 Å². The number of aromatic nitrogens is 2. The standard InChI is InChI=1S/C14H25ClN4/c1-8-11(15)10(19(6)18-8)7-9(17-16)12-13(2,3)14(12,4)5/h9,12,17H,7,16H2,1-6H3. The summed E-state index contributed by atoms with van der Waals surface area (Å²) in [5.74, 6) is 6.33. The third kappa shape index (κ3) is 2.10. The van der Waals surface area contributed by atoms with Crippen molar-refractivity contribution in [3.05, 3.63) is 16.4 Å². The van der Waals surface area contributed by atoms with Crippen molar-refractivity contribution in [1.82, 2.24) is 15.2 Å². The Labute approximate surface area is 120 Å². The van der Waals surface area contributed by atoms with Gasteiger partial charge in [0.25, 0.3) is 0 Å². The van der Waals surface area contributed by atoms with Crippen LogP contribution in [0.5, 0.6) is 0 Å². The zero-order chi connectivity index (χ0) is 14.6. The van der Waals surface area contributed by atoms with Gasteiger partial charge in [0.15, 0.2) is 0 Å². The van der Waals surface area contributed by atoms with Gasteiger partial charge in [-0.05, 0) is 23.7 Å². The average molecular weight is 285 g/mol. The molecule has 0 aliphatic heterocycles. The molecule has 0 spiro atoms. The Morgan fingerprint density at radius 3 is 2.21 bits per heavy atom. The van der Waals surface area contributed by atoms with Crippen LogP contribution in [0.25, 0.3) is 0 Å². The quantitative estimate of drug-likeness (QED) is 0.660. The van der Waals surface area contributed by atoms with Gasteiger partial charge in [0.1, 0.15) is 0 Å². The van der Waals surface area contributed by atoms with Crippen LogP contribution in [-0.4, -0.2) is 15.8 Å². The van der Waals surface area contributed by atoms with E-state index in [1.54, 1.807) is 0 Å². The van der Waals surface area contributed by atoms with E-state index in [0.29, 0.717) is 16.7 Å². The van der Waals surface area contributed by atoms with Gasteiger partial charge < -0.3 is 0 Å². The van der Waals surface area contributed by atoms with E-state index >= 15 is 0 Å². The summed E-state index contributed by atoms with van der Waals surface area (Å²) in [6, 6.07) is 0.220. The molecule has 0 bridgehead atoms. The highest BCUT2D eigenvalue weighted by Crippen LogP contribution is 2.69. The number of nitrogens with two attached hydrogens (primary N) is 1. The number of aryl methyl sites for hydroxylation is 2. The highest BCUT2D eigenvalue weighted by Gasteiger charge is 2.66. The molecule has 108 valence electrons. The maximum absolute atomic E-state index is 6.33. The molecule has 0 amide bonds. The maximum atomic E-state index is 6.33. The summed E-state index contributed by atoms with van der Waals surface area (Å²) in [5, 5.41) is 5.13. The van der Waals surface area contributed by atoms with Crippen molar-refractivity contribution in [3.8, 4) is 0 Å². The number of nitrogens with one attached hydrogen (secondary N) is 1. The van der Waals surface area contributed by atoms with Crippen LogP contribution >= 0.6 is 11.6 Å². The van der Waals surface area contributed by atoms with Crippen molar-refractivity contribution in [2.24, 2.45) is 29.6 Å². The first-order valence-corrected chi connectivity index (χ1v) is 7.16. The van der Waals surface area contributed by atoms with Gasteiger partial charge in [0.05, 0.1) is 16.4 Å². The second-order valence-electron chi connectivity index (χ2n) is 6.87. The molecule has 0 saturated heterocycles. The Bertz CT molecular complexity index is 476. The van der Waals surface area contributed by atoms with Gasteiger partial charge in [-0.2, -0.15) is 5.10 Å². The number of hydrogen-bond acceptors (Lipinski definition) is 3. The van der Waals surface area contributed by atoms with Crippen LogP contribution in [0.1, 0.15) is 39.1 Å². The zero-order valence-electron chi connectivity index (χ0n) is 12.7. The van der Waals surface area contributed by atoms with Crippen molar-refractivity contribution in [2.75, 3.05) is 0 Å². The molecule has 4 nitrogen and oxygen atoms in total. The molecule has 0 radical (unpaired) electrons. The summed E-state index contributed by atoms with van der Waals surface area (Å²) in [7, 11) is 1.94. The molecule has 1 atom stereocenters. The Morgan fingerprint density at radius 2 is 1.89 bits per heavy atom. The number of halogens is 1. The highest BCUT2D eigenvalue weighted by molar-refractivity contribution is 6.31. The van der Waals surface area contributed by atoms with Crippen LogP contribution in [0.15, 0.2) is 0 Å². The van der Waals surface area contributed by atoms with Gasteiger partial charge in [0, 0.05) is 19.5 Å². The van der Waals surface area contributed by atoms with Crippen LogP contribution in [0.2, 0.25) is 5.02 Å². The first-order valence-electron chi connectivity index (χ1n) is 6.78. The third-order valence-electron chi connectivity index (χ3n) is 5.42. The zero-order valence-corrected chi connectivity index (χ0v) is 13.5. The summed E-state index contributed by atoms with van der Waals surface area (Å²) in [4.78, 5) is 0. The van der Waals surface area contributed by atoms with E-state index in [4.69, 9.17) is 17.4 Å². The van der Waals surface area contributed by atoms with Crippen LogP contribution in [-0.2, 0) is 13.5 Å².